The molecule has 1 fully saturated rings. The summed E-state index contributed by atoms with van der Waals surface area (Å²) in [5, 5.41) is 9.94. The Bertz CT molecular complexity index is 617. The number of rotatable bonds is 3. The second-order valence-electron chi connectivity index (χ2n) is 4.48. The van der Waals surface area contributed by atoms with Gasteiger partial charge in [-0.1, -0.05) is 6.07 Å². The lowest BCUT2D eigenvalue weighted by molar-refractivity contribution is 0.0700. The Morgan fingerprint density at radius 3 is 2.89 bits per heavy atom. The van der Waals surface area contributed by atoms with E-state index in [2.05, 4.69) is 9.97 Å². The lowest BCUT2D eigenvalue weighted by Crippen LogP contribution is -1.97. The normalized spacial score (nSPS) is 14.7. The Morgan fingerprint density at radius 1 is 1.50 bits per heavy atom. The van der Waals surface area contributed by atoms with Crippen molar-refractivity contribution >= 4 is 17.3 Å². The zero-order valence-electron chi connectivity index (χ0n) is 9.88. The number of aromatic nitrogens is 2. The molecule has 2 aromatic heterocycles. The molecule has 4 nitrogen and oxygen atoms in total. The van der Waals surface area contributed by atoms with E-state index >= 15 is 0 Å². The fourth-order valence-electron chi connectivity index (χ4n) is 1.93. The highest BCUT2D eigenvalue weighted by atomic mass is 32.1. The van der Waals surface area contributed by atoms with Crippen LogP contribution in [0.4, 0.5) is 0 Å². The third-order valence-corrected chi connectivity index (χ3v) is 4.09. The van der Waals surface area contributed by atoms with Gasteiger partial charge in [0, 0.05) is 12.1 Å². The number of thiazole rings is 1. The first-order chi connectivity index (χ1) is 8.66. The number of hydrogen-bond acceptors (Lipinski definition) is 4. The Kier molecular flexibility index (Phi) is 2.63. The van der Waals surface area contributed by atoms with Crippen molar-refractivity contribution in [2.24, 2.45) is 0 Å². The topological polar surface area (TPSA) is 63.1 Å². The molecule has 2 aromatic rings. The van der Waals surface area contributed by atoms with E-state index in [-0.39, 0.29) is 0 Å². The third-order valence-electron chi connectivity index (χ3n) is 3.02. The SMILES string of the molecule is Cc1cccnc1-c1nc(C2CC2)c(C(=O)O)s1. The Labute approximate surface area is 108 Å². The zero-order valence-corrected chi connectivity index (χ0v) is 10.7. The molecule has 5 heteroatoms. The number of carbonyl (C=O) groups is 1. The van der Waals surface area contributed by atoms with Gasteiger partial charge in [-0.2, -0.15) is 0 Å². The van der Waals surface area contributed by atoms with Gasteiger partial charge in [0.1, 0.15) is 15.6 Å². The van der Waals surface area contributed by atoms with Crippen LogP contribution in [-0.2, 0) is 0 Å². The molecule has 1 aliphatic rings. The van der Waals surface area contributed by atoms with Crippen molar-refractivity contribution in [1.29, 1.82) is 0 Å². The molecule has 92 valence electrons. The summed E-state index contributed by atoms with van der Waals surface area (Å²) in [7, 11) is 0. The van der Waals surface area contributed by atoms with E-state index < -0.39 is 5.97 Å². The standard InChI is InChI=1S/C13H12N2O2S/c1-7-3-2-6-14-9(7)12-15-10(8-4-5-8)11(18-12)13(16)17/h2-3,6,8H,4-5H2,1H3,(H,16,17). The second-order valence-corrected chi connectivity index (χ2v) is 5.48. The van der Waals surface area contributed by atoms with Crippen molar-refractivity contribution in [2.45, 2.75) is 25.7 Å². The second kappa shape index (κ2) is 4.17. The molecule has 0 unspecified atom stereocenters. The van der Waals surface area contributed by atoms with Crippen LogP contribution in [0.3, 0.4) is 0 Å². The van der Waals surface area contributed by atoms with Gasteiger partial charge in [0.25, 0.3) is 0 Å². The number of hydrogen-bond donors (Lipinski definition) is 1. The fourth-order valence-corrected chi connectivity index (χ4v) is 2.98. The van der Waals surface area contributed by atoms with E-state index in [4.69, 9.17) is 0 Å². The van der Waals surface area contributed by atoms with Crippen molar-refractivity contribution in [3.05, 3.63) is 34.5 Å². The quantitative estimate of drug-likeness (QED) is 0.921. The maximum atomic E-state index is 11.2. The van der Waals surface area contributed by atoms with Gasteiger partial charge < -0.3 is 5.11 Å². The zero-order chi connectivity index (χ0) is 12.7. The van der Waals surface area contributed by atoms with Crippen LogP contribution in [0.2, 0.25) is 0 Å². The van der Waals surface area contributed by atoms with Crippen molar-refractivity contribution in [3.8, 4) is 10.7 Å². The molecule has 0 amide bonds. The third kappa shape index (κ3) is 1.90. The molecule has 0 atom stereocenters. The molecule has 0 saturated heterocycles. The van der Waals surface area contributed by atoms with Crippen molar-refractivity contribution in [1.82, 2.24) is 9.97 Å². The first-order valence-corrected chi connectivity index (χ1v) is 6.64. The van der Waals surface area contributed by atoms with Crippen molar-refractivity contribution in [3.63, 3.8) is 0 Å². The summed E-state index contributed by atoms with van der Waals surface area (Å²) in [6, 6.07) is 3.83. The summed E-state index contributed by atoms with van der Waals surface area (Å²) < 4.78 is 0. The van der Waals surface area contributed by atoms with E-state index in [1.165, 1.54) is 11.3 Å². The molecular formula is C13H12N2O2S. The number of carboxylic acid groups (broad SMARTS) is 1. The minimum Gasteiger partial charge on any atom is -0.477 e. The molecule has 0 aromatic carbocycles. The van der Waals surface area contributed by atoms with Crippen LogP contribution in [0.15, 0.2) is 18.3 Å². The van der Waals surface area contributed by atoms with Gasteiger partial charge in [0.15, 0.2) is 0 Å². The number of carboxylic acids is 1. The van der Waals surface area contributed by atoms with Crippen molar-refractivity contribution < 1.29 is 9.90 Å². The summed E-state index contributed by atoms with van der Waals surface area (Å²) in [5.74, 6) is -0.542. The lowest BCUT2D eigenvalue weighted by atomic mass is 10.2. The van der Waals surface area contributed by atoms with E-state index in [9.17, 15) is 9.90 Å². The average molecular weight is 260 g/mol. The van der Waals surface area contributed by atoms with E-state index in [1.807, 2.05) is 19.1 Å². The summed E-state index contributed by atoms with van der Waals surface area (Å²) >= 11 is 1.23. The number of pyridine rings is 1. The Morgan fingerprint density at radius 2 is 2.28 bits per heavy atom. The minimum atomic E-state index is -0.880. The molecule has 0 spiro atoms. The minimum absolute atomic E-state index is 0.338. The molecule has 1 aliphatic carbocycles. The smallest absolute Gasteiger partial charge is 0.347 e. The highest BCUT2D eigenvalue weighted by molar-refractivity contribution is 7.17. The van der Waals surface area contributed by atoms with Gasteiger partial charge in [-0.05, 0) is 31.4 Å². The average Bonchev–Trinajstić information content (AvgIpc) is 3.09. The van der Waals surface area contributed by atoms with Gasteiger partial charge in [-0.15, -0.1) is 11.3 Å². The van der Waals surface area contributed by atoms with Gasteiger partial charge in [-0.25, -0.2) is 9.78 Å². The van der Waals surface area contributed by atoms with Gasteiger partial charge >= 0.3 is 5.97 Å². The van der Waals surface area contributed by atoms with Crippen LogP contribution >= 0.6 is 11.3 Å². The highest BCUT2D eigenvalue weighted by Crippen LogP contribution is 2.44. The first-order valence-electron chi connectivity index (χ1n) is 5.83. The molecule has 3 rings (SSSR count). The molecular weight excluding hydrogens is 248 g/mol. The first kappa shape index (κ1) is 11.3. The van der Waals surface area contributed by atoms with Gasteiger partial charge in [-0.3, -0.25) is 4.98 Å². The molecule has 1 N–H and O–H groups in total. The largest absolute Gasteiger partial charge is 0.477 e. The maximum Gasteiger partial charge on any atom is 0.347 e. The van der Waals surface area contributed by atoms with Crippen LogP contribution < -0.4 is 0 Å². The lowest BCUT2D eigenvalue weighted by Gasteiger charge is -1.98. The van der Waals surface area contributed by atoms with Crippen LogP contribution in [-0.4, -0.2) is 21.0 Å². The Hall–Kier alpha value is -1.75. The fraction of sp³-hybridized carbons (Fsp3) is 0.308. The number of aryl methyl sites for hydroxylation is 1. The van der Waals surface area contributed by atoms with E-state index in [1.54, 1.807) is 6.20 Å². The number of nitrogens with zero attached hydrogens (tertiary/aromatic N) is 2. The van der Waals surface area contributed by atoms with E-state index in [0.29, 0.717) is 15.8 Å². The summed E-state index contributed by atoms with van der Waals surface area (Å²) in [4.78, 5) is 20.4. The molecule has 0 aliphatic heterocycles. The number of aromatic carboxylic acids is 1. The van der Waals surface area contributed by atoms with Gasteiger partial charge in [0.05, 0.1) is 5.69 Å². The summed E-state index contributed by atoms with van der Waals surface area (Å²) in [6.45, 7) is 1.96. The molecule has 1 saturated carbocycles. The summed E-state index contributed by atoms with van der Waals surface area (Å²) in [5.41, 5.74) is 2.55. The predicted molar refractivity (Wildman–Crippen MR) is 69.0 cm³/mol. The van der Waals surface area contributed by atoms with Gasteiger partial charge in [0.2, 0.25) is 0 Å². The monoisotopic (exact) mass is 260 g/mol. The van der Waals surface area contributed by atoms with Crippen LogP contribution in [0.1, 0.15) is 39.7 Å². The predicted octanol–water partition coefficient (Wildman–Crippen LogP) is 3.09. The van der Waals surface area contributed by atoms with Crippen LogP contribution in [0, 0.1) is 6.92 Å². The molecule has 18 heavy (non-hydrogen) atoms. The summed E-state index contributed by atoms with van der Waals surface area (Å²) in [6.07, 6.45) is 3.80. The maximum absolute atomic E-state index is 11.2. The van der Waals surface area contributed by atoms with Crippen molar-refractivity contribution in [2.75, 3.05) is 0 Å². The molecule has 0 radical (unpaired) electrons. The van der Waals surface area contributed by atoms with Crippen LogP contribution in [0.25, 0.3) is 10.7 Å². The molecule has 0 bridgehead atoms. The highest BCUT2D eigenvalue weighted by Gasteiger charge is 2.32. The van der Waals surface area contributed by atoms with E-state index in [0.717, 1.165) is 29.8 Å². The van der Waals surface area contributed by atoms with Crippen LogP contribution in [0.5, 0.6) is 0 Å². The molecule has 2 heterocycles. The Balaban J connectivity index is 2.11.